The first kappa shape index (κ1) is 15.3. The van der Waals surface area contributed by atoms with E-state index in [0.29, 0.717) is 0 Å². The molecule has 0 unspecified atom stereocenters. The number of carbonyl (C=O) groups is 1. The van der Waals surface area contributed by atoms with Gasteiger partial charge in [-0.3, -0.25) is 0 Å². The second kappa shape index (κ2) is 6.24. The highest BCUT2D eigenvalue weighted by Gasteiger charge is 2.29. The van der Waals surface area contributed by atoms with Crippen LogP contribution in [-0.2, 0) is 4.74 Å². The van der Waals surface area contributed by atoms with Crippen LogP contribution in [-0.4, -0.2) is 31.2 Å². The van der Waals surface area contributed by atoms with E-state index in [2.05, 4.69) is 30.8 Å². The fourth-order valence-corrected chi connectivity index (χ4v) is 3.03. The maximum atomic E-state index is 12.8. The van der Waals surface area contributed by atoms with Crippen LogP contribution in [0, 0.1) is 0 Å². The second-order valence-electron chi connectivity index (χ2n) is 5.68. The molecule has 0 aromatic heterocycles. The molecule has 0 bridgehead atoms. The van der Waals surface area contributed by atoms with Crippen molar-refractivity contribution in [2.45, 2.75) is 5.92 Å². The number of benzene rings is 2. The van der Waals surface area contributed by atoms with Gasteiger partial charge in [-0.2, -0.15) is 0 Å². The highest BCUT2D eigenvalue weighted by Crippen LogP contribution is 2.44. The Morgan fingerprint density at radius 2 is 1.65 bits per heavy atom. The number of halogens is 1. The van der Waals surface area contributed by atoms with Crippen molar-refractivity contribution in [3.05, 3.63) is 72.1 Å². The van der Waals surface area contributed by atoms with Crippen molar-refractivity contribution >= 4 is 6.09 Å². The molecule has 0 N–H and O–H groups in total. The maximum absolute atomic E-state index is 12.8. The number of hydrogen-bond donors (Lipinski definition) is 0. The topological polar surface area (TPSA) is 29.5 Å². The van der Waals surface area contributed by atoms with E-state index >= 15 is 0 Å². The van der Waals surface area contributed by atoms with Crippen molar-refractivity contribution in [3.8, 4) is 11.1 Å². The van der Waals surface area contributed by atoms with Crippen LogP contribution in [0.25, 0.3) is 11.1 Å². The summed E-state index contributed by atoms with van der Waals surface area (Å²) in [5, 5.41) is 0. The van der Waals surface area contributed by atoms with E-state index in [1.54, 1.807) is 0 Å². The van der Waals surface area contributed by atoms with Crippen molar-refractivity contribution in [1.29, 1.82) is 0 Å². The van der Waals surface area contributed by atoms with Gasteiger partial charge >= 0.3 is 6.09 Å². The lowest BCUT2D eigenvalue weighted by atomic mass is 9.98. The normalized spacial score (nSPS) is 12.4. The standard InChI is InChI=1S/C19H18FNO2/c1-13(20)11-21(2)19(22)23-12-18-16-9-5-3-7-14(16)15-8-4-6-10-17(15)18/h3-10,18H,1,11-12H2,2H3. The van der Waals surface area contributed by atoms with E-state index < -0.39 is 11.9 Å². The van der Waals surface area contributed by atoms with Crippen LogP contribution in [0.2, 0.25) is 0 Å². The molecule has 118 valence electrons. The van der Waals surface area contributed by atoms with Crippen LogP contribution in [0.5, 0.6) is 0 Å². The van der Waals surface area contributed by atoms with E-state index in [9.17, 15) is 9.18 Å². The van der Waals surface area contributed by atoms with Gasteiger partial charge in [-0.25, -0.2) is 9.18 Å². The zero-order chi connectivity index (χ0) is 16.4. The molecule has 23 heavy (non-hydrogen) atoms. The molecule has 1 amide bonds. The van der Waals surface area contributed by atoms with Crippen LogP contribution >= 0.6 is 0 Å². The number of ether oxygens (including phenoxy) is 1. The fraction of sp³-hybridized carbons (Fsp3) is 0.211. The summed E-state index contributed by atoms with van der Waals surface area (Å²) in [4.78, 5) is 13.1. The molecule has 4 heteroatoms. The van der Waals surface area contributed by atoms with Gasteiger partial charge in [-0.1, -0.05) is 55.1 Å². The molecule has 0 atom stereocenters. The monoisotopic (exact) mass is 311 g/mol. The Hall–Kier alpha value is -2.62. The summed E-state index contributed by atoms with van der Waals surface area (Å²) in [6, 6.07) is 16.2. The summed E-state index contributed by atoms with van der Waals surface area (Å²) in [7, 11) is 1.49. The molecular weight excluding hydrogens is 293 g/mol. The van der Waals surface area contributed by atoms with Gasteiger partial charge in [-0.15, -0.1) is 0 Å². The molecule has 0 spiro atoms. The Morgan fingerprint density at radius 1 is 1.13 bits per heavy atom. The SMILES string of the molecule is C=C(F)CN(C)C(=O)OCC1c2ccccc2-c2ccccc21. The maximum Gasteiger partial charge on any atom is 0.409 e. The van der Waals surface area contributed by atoms with E-state index in [-0.39, 0.29) is 19.1 Å². The van der Waals surface area contributed by atoms with Gasteiger partial charge in [0, 0.05) is 13.0 Å². The van der Waals surface area contributed by atoms with Gasteiger partial charge in [0.25, 0.3) is 0 Å². The van der Waals surface area contributed by atoms with Crippen molar-refractivity contribution in [1.82, 2.24) is 4.90 Å². The first-order valence-electron chi connectivity index (χ1n) is 7.47. The van der Waals surface area contributed by atoms with Gasteiger partial charge in [0.15, 0.2) is 0 Å². The summed E-state index contributed by atoms with van der Waals surface area (Å²) in [5.41, 5.74) is 4.65. The zero-order valence-corrected chi connectivity index (χ0v) is 13.0. The summed E-state index contributed by atoms with van der Waals surface area (Å²) < 4.78 is 18.2. The molecule has 3 nitrogen and oxygen atoms in total. The van der Waals surface area contributed by atoms with Crippen LogP contribution in [0.4, 0.5) is 9.18 Å². The minimum Gasteiger partial charge on any atom is -0.448 e. The highest BCUT2D eigenvalue weighted by molar-refractivity contribution is 5.79. The molecular formula is C19H18FNO2. The van der Waals surface area contributed by atoms with Gasteiger partial charge in [0.05, 0.1) is 6.54 Å². The minimum atomic E-state index is -0.569. The molecule has 0 heterocycles. The third-order valence-corrected chi connectivity index (χ3v) is 4.06. The average Bonchev–Trinajstić information content (AvgIpc) is 2.86. The summed E-state index contributed by atoms with van der Waals surface area (Å²) in [5.74, 6) is -0.561. The number of carbonyl (C=O) groups excluding carboxylic acids is 1. The Morgan fingerprint density at radius 3 is 2.17 bits per heavy atom. The highest BCUT2D eigenvalue weighted by atomic mass is 19.1. The predicted octanol–water partition coefficient (Wildman–Crippen LogP) is 4.35. The van der Waals surface area contributed by atoms with Gasteiger partial charge in [-0.05, 0) is 22.3 Å². The molecule has 2 aromatic rings. The van der Waals surface area contributed by atoms with Crippen LogP contribution in [0.1, 0.15) is 17.0 Å². The Labute approximate surface area is 135 Å². The fourth-order valence-electron chi connectivity index (χ4n) is 3.03. The minimum absolute atomic E-state index is 0.00771. The van der Waals surface area contributed by atoms with Gasteiger partial charge < -0.3 is 9.64 Å². The zero-order valence-electron chi connectivity index (χ0n) is 13.0. The van der Waals surface area contributed by atoms with Crippen LogP contribution in [0.3, 0.4) is 0 Å². The van der Waals surface area contributed by atoms with Crippen LogP contribution in [0.15, 0.2) is 60.9 Å². The smallest absolute Gasteiger partial charge is 0.409 e. The molecule has 3 rings (SSSR count). The molecule has 1 aliphatic carbocycles. The van der Waals surface area contributed by atoms with Crippen LogP contribution < -0.4 is 0 Å². The molecule has 2 aromatic carbocycles. The average molecular weight is 311 g/mol. The number of rotatable bonds is 4. The Kier molecular flexibility index (Phi) is 4.15. The number of amides is 1. The lowest BCUT2D eigenvalue weighted by Gasteiger charge is -2.19. The number of nitrogens with zero attached hydrogens (tertiary/aromatic N) is 1. The van der Waals surface area contributed by atoms with Gasteiger partial charge in [0.1, 0.15) is 12.4 Å². The molecule has 0 saturated carbocycles. The molecule has 0 radical (unpaired) electrons. The molecule has 0 saturated heterocycles. The Balaban J connectivity index is 1.78. The summed E-state index contributed by atoms with van der Waals surface area (Å²) in [6.07, 6.45) is -0.550. The third kappa shape index (κ3) is 2.97. The number of likely N-dealkylation sites (N-methyl/N-ethyl adjacent to an activating group) is 1. The largest absolute Gasteiger partial charge is 0.448 e. The molecule has 0 aliphatic heterocycles. The lowest BCUT2D eigenvalue weighted by molar-refractivity contribution is 0.109. The first-order chi connectivity index (χ1) is 11.1. The van der Waals surface area contributed by atoms with E-state index in [0.717, 1.165) is 11.1 Å². The number of fused-ring (bicyclic) bond motifs is 3. The summed E-state index contributed by atoms with van der Waals surface area (Å²) >= 11 is 0. The number of hydrogen-bond acceptors (Lipinski definition) is 2. The molecule has 0 fully saturated rings. The lowest BCUT2D eigenvalue weighted by Crippen LogP contribution is -2.29. The van der Waals surface area contributed by atoms with Crippen molar-refractivity contribution in [3.63, 3.8) is 0 Å². The van der Waals surface area contributed by atoms with Crippen molar-refractivity contribution in [2.24, 2.45) is 0 Å². The van der Waals surface area contributed by atoms with Crippen molar-refractivity contribution in [2.75, 3.05) is 20.2 Å². The quantitative estimate of drug-likeness (QED) is 0.840. The predicted molar refractivity (Wildman–Crippen MR) is 87.9 cm³/mol. The third-order valence-electron chi connectivity index (χ3n) is 4.06. The van der Waals surface area contributed by atoms with Crippen molar-refractivity contribution < 1.29 is 13.9 Å². The van der Waals surface area contributed by atoms with E-state index in [1.807, 2.05) is 24.3 Å². The summed E-state index contributed by atoms with van der Waals surface area (Å²) in [6.45, 7) is 3.23. The Bertz CT molecular complexity index is 711. The van der Waals surface area contributed by atoms with E-state index in [4.69, 9.17) is 4.74 Å². The molecule has 1 aliphatic rings. The first-order valence-corrected chi connectivity index (χ1v) is 7.47. The van der Waals surface area contributed by atoms with Gasteiger partial charge in [0.2, 0.25) is 0 Å². The second-order valence-corrected chi connectivity index (χ2v) is 5.68. The van der Waals surface area contributed by atoms with E-state index in [1.165, 1.54) is 23.1 Å².